The highest BCUT2D eigenvalue weighted by Crippen LogP contribution is 2.46. The molecule has 1 unspecified atom stereocenters. The second-order valence-electron chi connectivity index (χ2n) is 7.80. The molecule has 0 spiro atoms. The number of hydrogen-bond acceptors (Lipinski definition) is 8. The maximum absolute atomic E-state index is 13.9. The lowest BCUT2D eigenvalue weighted by Gasteiger charge is -2.33. The van der Waals surface area contributed by atoms with Crippen LogP contribution in [-0.2, 0) is 16.1 Å². The van der Waals surface area contributed by atoms with E-state index < -0.39 is 17.8 Å². The number of pyridine rings is 2. The first-order valence-corrected chi connectivity index (χ1v) is 10.6. The average Bonchev–Trinajstić information content (AvgIpc) is 2.85. The van der Waals surface area contributed by atoms with Crippen molar-refractivity contribution in [2.75, 3.05) is 21.3 Å². The SMILES string of the molecule is COC(=O)C1C(=N)Oc2cc(C)n(Cc3ccccn3)c(=O)c2[C@H]1c1cccc(OC)c1OC. The average molecular weight is 463 g/mol. The minimum Gasteiger partial charge on any atom is -0.493 e. The zero-order valence-electron chi connectivity index (χ0n) is 19.3. The minimum atomic E-state index is -1.18. The van der Waals surface area contributed by atoms with Crippen molar-refractivity contribution in [3.8, 4) is 17.2 Å². The van der Waals surface area contributed by atoms with Crippen LogP contribution in [-0.4, -0.2) is 42.7 Å². The van der Waals surface area contributed by atoms with E-state index in [1.54, 1.807) is 48.0 Å². The van der Waals surface area contributed by atoms with Gasteiger partial charge >= 0.3 is 5.97 Å². The summed E-state index contributed by atoms with van der Waals surface area (Å²) in [5.74, 6) is -2.06. The topological polar surface area (TPSA) is 113 Å². The van der Waals surface area contributed by atoms with Crippen molar-refractivity contribution in [1.82, 2.24) is 9.55 Å². The number of esters is 1. The number of nitrogens with one attached hydrogen (secondary N) is 1. The predicted octanol–water partition coefficient (Wildman–Crippen LogP) is 2.91. The second kappa shape index (κ2) is 9.38. The molecule has 0 amide bonds. The number of rotatable bonds is 6. The number of hydrogen-bond donors (Lipinski definition) is 1. The molecule has 0 fully saturated rings. The van der Waals surface area contributed by atoms with Gasteiger partial charge in [-0.25, -0.2) is 0 Å². The summed E-state index contributed by atoms with van der Waals surface area (Å²) in [5, 5.41) is 8.48. The van der Waals surface area contributed by atoms with Crippen molar-refractivity contribution in [2.45, 2.75) is 19.4 Å². The molecule has 2 aromatic heterocycles. The van der Waals surface area contributed by atoms with Gasteiger partial charge in [-0.1, -0.05) is 18.2 Å². The van der Waals surface area contributed by atoms with E-state index in [1.807, 2.05) is 12.1 Å². The number of benzene rings is 1. The Morgan fingerprint density at radius 3 is 2.59 bits per heavy atom. The van der Waals surface area contributed by atoms with E-state index in [2.05, 4.69) is 4.98 Å². The predicted molar refractivity (Wildman–Crippen MR) is 124 cm³/mol. The van der Waals surface area contributed by atoms with Crippen molar-refractivity contribution >= 4 is 11.9 Å². The molecule has 4 rings (SSSR count). The van der Waals surface area contributed by atoms with Crippen LogP contribution in [0, 0.1) is 18.3 Å². The maximum atomic E-state index is 13.9. The van der Waals surface area contributed by atoms with Crippen LogP contribution in [0.1, 0.15) is 28.4 Å². The van der Waals surface area contributed by atoms with Crippen LogP contribution in [0.4, 0.5) is 0 Å². The fourth-order valence-corrected chi connectivity index (χ4v) is 4.34. The smallest absolute Gasteiger partial charge is 0.319 e. The van der Waals surface area contributed by atoms with E-state index in [4.69, 9.17) is 24.4 Å². The molecule has 1 aromatic carbocycles. The molecule has 0 aliphatic carbocycles. The standard InChI is InChI=1S/C25H25N3O6/c1-14-12-18-20(24(29)28(14)13-15-8-5-6-11-27-15)19(21(23(26)34-18)25(30)33-4)16-9-7-10-17(31-2)22(16)32-3/h5-12,19,21,26H,13H2,1-4H3/t19-,21?/m1/s1. The van der Waals surface area contributed by atoms with Crippen LogP contribution in [0.5, 0.6) is 17.2 Å². The fourth-order valence-electron chi connectivity index (χ4n) is 4.34. The summed E-state index contributed by atoms with van der Waals surface area (Å²) in [5.41, 5.74) is 1.74. The van der Waals surface area contributed by atoms with E-state index in [1.165, 1.54) is 21.3 Å². The molecule has 9 heteroatoms. The summed E-state index contributed by atoms with van der Waals surface area (Å²) < 4.78 is 23.3. The number of aromatic nitrogens is 2. The number of carbonyl (C=O) groups is 1. The quantitative estimate of drug-likeness (QED) is 0.559. The maximum Gasteiger partial charge on any atom is 0.319 e. The van der Waals surface area contributed by atoms with Gasteiger partial charge < -0.3 is 23.5 Å². The molecule has 0 bridgehead atoms. The number of ether oxygens (including phenoxy) is 4. The molecule has 0 radical (unpaired) electrons. The van der Waals surface area contributed by atoms with E-state index in [-0.39, 0.29) is 29.3 Å². The highest BCUT2D eigenvalue weighted by atomic mass is 16.5. The monoisotopic (exact) mass is 463 g/mol. The molecule has 176 valence electrons. The third kappa shape index (κ3) is 3.89. The van der Waals surface area contributed by atoms with Gasteiger partial charge in [0.25, 0.3) is 5.56 Å². The number of fused-ring (bicyclic) bond motifs is 1. The van der Waals surface area contributed by atoms with E-state index >= 15 is 0 Å². The molecule has 9 nitrogen and oxygen atoms in total. The lowest BCUT2D eigenvalue weighted by molar-refractivity contribution is -0.143. The lowest BCUT2D eigenvalue weighted by atomic mass is 9.78. The lowest BCUT2D eigenvalue weighted by Crippen LogP contribution is -2.42. The van der Waals surface area contributed by atoms with Gasteiger partial charge in [0.05, 0.1) is 39.1 Å². The second-order valence-corrected chi connectivity index (χ2v) is 7.80. The van der Waals surface area contributed by atoms with Gasteiger partial charge in [-0.15, -0.1) is 0 Å². The van der Waals surface area contributed by atoms with Crippen molar-refractivity contribution < 1.29 is 23.7 Å². The zero-order chi connectivity index (χ0) is 24.4. The number of nitrogens with zero attached hydrogens (tertiary/aromatic N) is 2. The first kappa shape index (κ1) is 23.0. The Labute approximate surface area is 196 Å². The molecular weight excluding hydrogens is 438 g/mol. The Morgan fingerprint density at radius 2 is 1.94 bits per heavy atom. The summed E-state index contributed by atoms with van der Waals surface area (Å²) >= 11 is 0. The molecule has 34 heavy (non-hydrogen) atoms. The number of carbonyl (C=O) groups excluding carboxylic acids is 1. The van der Waals surface area contributed by atoms with Crippen molar-refractivity contribution in [3.63, 3.8) is 0 Å². The van der Waals surface area contributed by atoms with Gasteiger partial charge in [0.15, 0.2) is 11.5 Å². The van der Waals surface area contributed by atoms with Crippen LogP contribution >= 0.6 is 0 Å². The Balaban J connectivity index is 2.00. The number of para-hydroxylation sites is 1. The van der Waals surface area contributed by atoms with Crippen LogP contribution in [0.3, 0.4) is 0 Å². The highest BCUT2D eigenvalue weighted by Gasteiger charge is 2.45. The zero-order valence-corrected chi connectivity index (χ0v) is 19.3. The van der Waals surface area contributed by atoms with Crippen molar-refractivity contribution in [2.24, 2.45) is 5.92 Å². The van der Waals surface area contributed by atoms with E-state index in [9.17, 15) is 9.59 Å². The third-order valence-electron chi connectivity index (χ3n) is 5.92. The molecule has 1 aliphatic rings. The minimum absolute atomic E-state index is 0.222. The third-order valence-corrected chi connectivity index (χ3v) is 5.92. The highest BCUT2D eigenvalue weighted by molar-refractivity contribution is 6.00. The molecule has 0 saturated carbocycles. The van der Waals surface area contributed by atoms with Gasteiger partial charge in [0.1, 0.15) is 11.7 Å². The van der Waals surface area contributed by atoms with Gasteiger partial charge in [0, 0.05) is 29.4 Å². The van der Waals surface area contributed by atoms with Crippen molar-refractivity contribution in [3.05, 3.63) is 81.5 Å². The Morgan fingerprint density at radius 1 is 1.15 bits per heavy atom. The Bertz CT molecular complexity index is 1300. The van der Waals surface area contributed by atoms with Gasteiger partial charge in [-0.3, -0.25) is 20.0 Å². The van der Waals surface area contributed by atoms with E-state index in [0.29, 0.717) is 28.5 Å². The summed E-state index contributed by atoms with van der Waals surface area (Å²) in [7, 11) is 4.22. The number of aryl methyl sites for hydroxylation is 1. The fraction of sp³-hybridized carbons (Fsp3) is 0.280. The van der Waals surface area contributed by atoms with Gasteiger partial charge in [0.2, 0.25) is 5.90 Å². The summed E-state index contributed by atoms with van der Waals surface area (Å²) in [4.78, 5) is 31.1. The summed E-state index contributed by atoms with van der Waals surface area (Å²) in [6, 6.07) is 12.4. The summed E-state index contributed by atoms with van der Waals surface area (Å²) in [6.07, 6.45) is 1.66. The van der Waals surface area contributed by atoms with E-state index in [0.717, 1.165) is 0 Å². The van der Waals surface area contributed by atoms with Crippen LogP contribution in [0.15, 0.2) is 53.5 Å². The normalized spacial score (nSPS) is 16.9. The van der Waals surface area contributed by atoms with Crippen LogP contribution in [0.2, 0.25) is 0 Å². The Kier molecular flexibility index (Phi) is 6.36. The molecule has 2 atom stereocenters. The molecule has 1 N–H and O–H groups in total. The van der Waals surface area contributed by atoms with Crippen LogP contribution < -0.4 is 19.8 Å². The Hall–Kier alpha value is -4.14. The largest absolute Gasteiger partial charge is 0.493 e. The van der Waals surface area contributed by atoms with Crippen LogP contribution in [0.25, 0.3) is 0 Å². The summed E-state index contributed by atoms with van der Waals surface area (Å²) in [6.45, 7) is 2.02. The molecule has 3 aromatic rings. The first-order chi connectivity index (χ1) is 16.4. The van der Waals surface area contributed by atoms with Gasteiger partial charge in [-0.05, 0) is 25.1 Å². The molecule has 1 aliphatic heterocycles. The number of methoxy groups -OCH3 is 3. The molecule has 3 heterocycles. The van der Waals surface area contributed by atoms with Crippen molar-refractivity contribution in [1.29, 1.82) is 5.41 Å². The molecule has 0 saturated heterocycles. The first-order valence-electron chi connectivity index (χ1n) is 10.6. The molecular formula is C25H25N3O6. The van der Waals surface area contributed by atoms with Gasteiger partial charge in [-0.2, -0.15) is 0 Å².